The smallest absolute Gasteiger partial charge is 0.160 e. The third-order valence-corrected chi connectivity index (χ3v) is 3.59. The Morgan fingerprint density at radius 3 is 2.15 bits per heavy atom. The first-order chi connectivity index (χ1) is 9.81. The van der Waals surface area contributed by atoms with E-state index in [4.69, 9.17) is 9.47 Å². The molecule has 0 fully saturated rings. The van der Waals surface area contributed by atoms with E-state index >= 15 is 0 Å². The van der Waals surface area contributed by atoms with Crippen LogP contribution in [0.4, 0.5) is 0 Å². The van der Waals surface area contributed by atoms with Crippen LogP contribution in [0.15, 0.2) is 18.2 Å². The number of unbranched alkanes of at least 4 members (excludes halogenated alkanes) is 5. The molecule has 0 spiro atoms. The summed E-state index contributed by atoms with van der Waals surface area (Å²) in [6.45, 7) is 1.14. The molecule has 20 heavy (non-hydrogen) atoms. The third-order valence-electron chi connectivity index (χ3n) is 3.59. The van der Waals surface area contributed by atoms with Crippen molar-refractivity contribution in [1.29, 1.82) is 0 Å². The highest BCUT2D eigenvalue weighted by Crippen LogP contribution is 2.28. The maximum atomic E-state index is 5.33. The second kappa shape index (κ2) is 10.6. The van der Waals surface area contributed by atoms with Gasteiger partial charge < -0.3 is 14.8 Å². The van der Waals surface area contributed by atoms with Crippen molar-refractivity contribution in [3.05, 3.63) is 23.8 Å². The van der Waals surface area contributed by atoms with E-state index in [1.54, 1.807) is 14.2 Å². The van der Waals surface area contributed by atoms with Crippen LogP contribution in [0.1, 0.15) is 44.1 Å². The number of nitrogens with one attached hydrogen (secondary N) is 1. The molecule has 3 nitrogen and oxygen atoms in total. The predicted octanol–water partition coefficient (Wildman–Crippen LogP) is 3.81. The maximum absolute atomic E-state index is 5.33. The van der Waals surface area contributed by atoms with Crippen LogP contribution in [0.3, 0.4) is 0 Å². The summed E-state index contributed by atoms with van der Waals surface area (Å²) in [5.41, 5.74) is 1.33. The average molecular weight is 279 g/mol. The van der Waals surface area contributed by atoms with Crippen LogP contribution >= 0.6 is 0 Å². The molecule has 1 rings (SSSR count). The topological polar surface area (TPSA) is 30.5 Å². The fourth-order valence-electron chi connectivity index (χ4n) is 2.37. The van der Waals surface area contributed by atoms with Crippen molar-refractivity contribution in [2.45, 2.75) is 44.9 Å². The molecule has 0 heterocycles. The number of benzene rings is 1. The average Bonchev–Trinajstić information content (AvgIpc) is 2.49. The Morgan fingerprint density at radius 2 is 1.50 bits per heavy atom. The van der Waals surface area contributed by atoms with Gasteiger partial charge in [-0.2, -0.15) is 0 Å². The zero-order valence-electron chi connectivity index (χ0n) is 13.2. The molecule has 0 saturated heterocycles. The summed E-state index contributed by atoms with van der Waals surface area (Å²) >= 11 is 0. The van der Waals surface area contributed by atoms with Gasteiger partial charge in [0.25, 0.3) is 0 Å². The highest BCUT2D eigenvalue weighted by molar-refractivity contribution is 5.42. The Kier molecular flexibility index (Phi) is 8.88. The van der Waals surface area contributed by atoms with Crippen LogP contribution in [-0.2, 0) is 6.42 Å². The van der Waals surface area contributed by atoms with Gasteiger partial charge in [0.1, 0.15) is 0 Å². The first kappa shape index (κ1) is 16.8. The largest absolute Gasteiger partial charge is 0.493 e. The van der Waals surface area contributed by atoms with Gasteiger partial charge in [0.15, 0.2) is 11.5 Å². The molecule has 0 aliphatic heterocycles. The molecule has 0 radical (unpaired) electrons. The van der Waals surface area contributed by atoms with Crippen molar-refractivity contribution in [3.8, 4) is 11.5 Å². The lowest BCUT2D eigenvalue weighted by molar-refractivity contribution is 0.354. The van der Waals surface area contributed by atoms with Gasteiger partial charge >= 0.3 is 0 Å². The standard InChI is InChI=1S/C17H29NO2/c1-18-13-9-7-5-4-6-8-10-15-11-12-16(19-2)17(14-15)20-3/h11-12,14,18H,4-10,13H2,1-3H3. The summed E-state index contributed by atoms with van der Waals surface area (Å²) in [6.07, 6.45) is 9.03. The van der Waals surface area contributed by atoms with E-state index in [1.807, 2.05) is 13.1 Å². The summed E-state index contributed by atoms with van der Waals surface area (Å²) in [5.74, 6) is 1.64. The summed E-state index contributed by atoms with van der Waals surface area (Å²) in [6, 6.07) is 6.21. The first-order valence-corrected chi connectivity index (χ1v) is 7.67. The molecule has 3 heteroatoms. The Balaban J connectivity index is 2.18. The molecule has 0 aromatic heterocycles. The fraction of sp³-hybridized carbons (Fsp3) is 0.647. The van der Waals surface area contributed by atoms with Crippen LogP contribution in [0.25, 0.3) is 0 Å². The van der Waals surface area contributed by atoms with Crippen LogP contribution in [-0.4, -0.2) is 27.8 Å². The predicted molar refractivity (Wildman–Crippen MR) is 84.9 cm³/mol. The SMILES string of the molecule is CNCCCCCCCCc1ccc(OC)c(OC)c1. The van der Waals surface area contributed by atoms with Gasteiger partial charge in [-0.05, 0) is 50.6 Å². The lowest BCUT2D eigenvalue weighted by Crippen LogP contribution is -2.06. The van der Waals surface area contributed by atoms with Crippen molar-refractivity contribution in [1.82, 2.24) is 5.32 Å². The Labute approximate surface area is 123 Å². The number of aryl methyl sites for hydroxylation is 1. The van der Waals surface area contributed by atoms with Crippen molar-refractivity contribution in [2.24, 2.45) is 0 Å². The van der Waals surface area contributed by atoms with E-state index in [9.17, 15) is 0 Å². The minimum atomic E-state index is 0.806. The molecule has 0 bridgehead atoms. The van der Waals surface area contributed by atoms with Crippen LogP contribution < -0.4 is 14.8 Å². The second-order valence-electron chi connectivity index (χ2n) is 5.16. The summed E-state index contributed by atoms with van der Waals surface area (Å²) in [5, 5.41) is 3.19. The molecule has 0 saturated carbocycles. The zero-order valence-corrected chi connectivity index (χ0v) is 13.2. The zero-order chi connectivity index (χ0) is 14.6. The minimum Gasteiger partial charge on any atom is -0.493 e. The van der Waals surface area contributed by atoms with Crippen molar-refractivity contribution in [3.63, 3.8) is 0 Å². The van der Waals surface area contributed by atoms with Crippen molar-refractivity contribution >= 4 is 0 Å². The molecule has 0 atom stereocenters. The molecule has 0 aliphatic carbocycles. The normalized spacial score (nSPS) is 10.6. The van der Waals surface area contributed by atoms with Crippen LogP contribution in [0, 0.1) is 0 Å². The fourth-order valence-corrected chi connectivity index (χ4v) is 2.37. The maximum Gasteiger partial charge on any atom is 0.160 e. The van der Waals surface area contributed by atoms with Crippen molar-refractivity contribution < 1.29 is 9.47 Å². The lowest BCUT2D eigenvalue weighted by Gasteiger charge is -2.09. The molecule has 114 valence electrons. The highest BCUT2D eigenvalue weighted by atomic mass is 16.5. The van der Waals surface area contributed by atoms with Gasteiger partial charge in [-0.3, -0.25) is 0 Å². The summed E-state index contributed by atoms with van der Waals surface area (Å²) < 4.78 is 10.6. The van der Waals surface area contributed by atoms with Gasteiger partial charge in [-0.1, -0.05) is 31.7 Å². The third kappa shape index (κ3) is 6.29. The number of rotatable bonds is 11. The van der Waals surface area contributed by atoms with E-state index in [2.05, 4.69) is 17.4 Å². The molecule has 0 unspecified atom stereocenters. The second-order valence-corrected chi connectivity index (χ2v) is 5.16. The van der Waals surface area contributed by atoms with E-state index in [0.717, 1.165) is 24.5 Å². The number of hydrogen-bond acceptors (Lipinski definition) is 3. The molecule has 1 aromatic rings. The van der Waals surface area contributed by atoms with Gasteiger partial charge in [-0.25, -0.2) is 0 Å². The lowest BCUT2D eigenvalue weighted by atomic mass is 10.0. The van der Waals surface area contributed by atoms with E-state index in [-0.39, 0.29) is 0 Å². The van der Waals surface area contributed by atoms with E-state index in [1.165, 1.54) is 44.1 Å². The number of methoxy groups -OCH3 is 2. The van der Waals surface area contributed by atoms with Crippen LogP contribution in [0.2, 0.25) is 0 Å². The molecule has 0 amide bonds. The van der Waals surface area contributed by atoms with Gasteiger partial charge in [0.05, 0.1) is 14.2 Å². The first-order valence-electron chi connectivity index (χ1n) is 7.67. The Morgan fingerprint density at radius 1 is 0.850 bits per heavy atom. The van der Waals surface area contributed by atoms with Crippen molar-refractivity contribution in [2.75, 3.05) is 27.8 Å². The molecular weight excluding hydrogens is 250 g/mol. The van der Waals surface area contributed by atoms with Gasteiger partial charge in [0.2, 0.25) is 0 Å². The highest BCUT2D eigenvalue weighted by Gasteiger charge is 2.04. The summed E-state index contributed by atoms with van der Waals surface area (Å²) in [7, 11) is 5.38. The molecule has 1 aromatic carbocycles. The number of ether oxygens (including phenoxy) is 2. The minimum absolute atomic E-state index is 0.806. The van der Waals surface area contributed by atoms with E-state index in [0.29, 0.717) is 0 Å². The molecule has 1 N–H and O–H groups in total. The van der Waals surface area contributed by atoms with Gasteiger partial charge in [-0.15, -0.1) is 0 Å². The molecular formula is C17H29NO2. The monoisotopic (exact) mass is 279 g/mol. The van der Waals surface area contributed by atoms with Gasteiger partial charge in [0, 0.05) is 0 Å². The Bertz CT molecular complexity index is 366. The molecule has 0 aliphatic rings. The Hall–Kier alpha value is -1.22. The number of hydrogen-bond donors (Lipinski definition) is 1. The van der Waals surface area contributed by atoms with E-state index < -0.39 is 0 Å². The quantitative estimate of drug-likeness (QED) is 0.625. The van der Waals surface area contributed by atoms with Crippen LogP contribution in [0.5, 0.6) is 11.5 Å². The summed E-state index contributed by atoms with van der Waals surface area (Å²) in [4.78, 5) is 0.